The Kier molecular flexibility index (Phi) is 5.08. The highest BCUT2D eigenvalue weighted by Crippen LogP contribution is 2.31. The van der Waals surface area contributed by atoms with E-state index in [1.807, 2.05) is 66.4 Å². The van der Waals surface area contributed by atoms with E-state index in [2.05, 4.69) is 4.98 Å². The van der Waals surface area contributed by atoms with Gasteiger partial charge in [0, 0.05) is 16.9 Å². The molecule has 1 N–H and O–H groups in total. The summed E-state index contributed by atoms with van der Waals surface area (Å²) in [5.41, 5.74) is 3.40. The number of carbonyl (C=O) groups excluding carboxylic acids is 1. The monoisotopic (exact) mass is 396 g/mol. The van der Waals surface area contributed by atoms with Gasteiger partial charge in [-0.2, -0.15) is 0 Å². The molecule has 2 heterocycles. The number of nitrogens with one attached hydrogen (secondary N) is 1. The normalized spacial score (nSPS) is 18.7. The van der Waals surface area contributed by atoms with Crippen LogP contribution in [0.3, 0.4) is 0 Å². The van der Waals surface area contributed by atoms with Crippen molar-refractivity contribution in [3.8, 4) is 11.3 Å². The largest absolute Gasteiger partial charge is 0.354 e. The van der Waals surface area contributed by atoms with E-state index in [1.54, 1.807) is 0 Å². The maximum absolute atomic E-state index is 13.4. The molecule has 5 nitrogen and oxygen atoms in total. The van der Waals surface area contributed by atoms with E-state index in [4.69, 9.17) is 0 Å². The minimum absolute atomic E-state index is 0.0162. The quantitative estimate of drug-likeness (QED) is 0.647. The molecule has 2 aromatic carbocycles. The molecule has 0 unspecified atom stereocenters. The molecule has 0 aliphatic carbocycles. The molecule has 6 heteroatoms. The van der Waals surface area contributed by atoms with Crippen molar-refractivity contribution in [2.45, 2.75) is 19.4 Å². The lowest BCUT2D eigenvalue weighted by atomic mass is 10.0. The van der Waals surface area contributed by atoms with Crippen LogP contribution in [0.5, 0.6) is 0 Å². The molecule has 3 aromatic rings. The fourth-order valence-corrected chi connectivity index (χ4v) is 5.84. The number of hydrogen-bond acceptors (Lipinski definition) is 4. The summed E-state index contributed by atoms with van der Waals surface area (Å²) >= 11 is 0. The average Bonchev–Trinajstić information content (AvgIpc) is 3.26. The van der Waals surface area contributed by atoms with Crippen LogP contribution in [-0.2, 0) is 9.84 Å². The van der Waals surface area contributed by atoms with Gasteiger partial charge in [-0.1, -0.05) is 55.5 Å². The molecular formula is C22H24N2O3S. The first-order chi connectivity index (χ1) is 13.5. The van der Waals surface area contributed by atoms with Crippen molar-refractivity contribution < 1.29 is 13.2 Å². The number of aromatic amines is 1. The lowest BCUT2D eigenvalue weighted by Gasteiger charge is -2.25. The van der Waals surface area contributed by atoms with E-state index >= 15 is 0 Å². The zero-order chi connectivity index (χ0) is 19.7. The van der Waals surface area contributed by atoms with Gasteiger partial charge in [-0.15, -0.1) is 0 Å². The number of benzene rings is 2. The standard InChI is InChI=1S/C22H24N2O3S/c1-2-24(17-12-13-28(26,27)15-17)14-20(25)21-18-10-6-7-11-19(18)23-22(21)16-8-4-3-5-9-16/h3-11,17,23H,2,12-15H2,1H3/t17-/m1/s1. The van der Waals surface area contributed by atoms with Crippen molar-refractivity contribution >= 4 is 26.5 Å². The minimum Gasteiger partial charge on any atom is -0.354 e. The first-order valence-corrected chi connectivity index (χ1v) is 11.4. The molecule has 0 spiro atoms. The highest BCUT2D eigenvalue weighted by molar-refractivity contribution is 7.91. The third kappa shape index (κ3) is 3.62. The molecule has 1 aromatic heterocycles. The van der Waals surface area contributed by atoms with E-state index in [-0.39, 0.29) is 29.9 Å². The molecule has 1 atom stereocenters. The van der Waals surface area contributed by atoms with Crippen LogP contribution >= 0.6 is 0 Å². The van der Waals surface area contributed by atoms with Crippen molar-refractivity contribution in [3.63, 3.8) is 0 Å². The zero-order valence-electron chi connectivity index (χ0n) is 15.9. The number of fused-ring (bicyclic) bond motifs is 1. The summed E-state index contributed by atoms with van der Waals surface area (Å²) in [4.78, 5) is 18.8. The maximum atomic E-state index is 13.4. The van der Waals surface area contributed by atoms with Gasteiger partial charge in [-0.3, -0.25) is 9.69 Å². The van der Waals surface area contributed by atoms with Crippen LogP contribution in [0.1, 0.15) is 23.7 Å². The van der Waals surface area contributed by atoms with Gasteiger partial charge in [0.15, 0.2) is 15.6 Å². The van der Waals surface area contributed by atoms with Gasteiger partial charge < -0.3 is 4.98 Å². The molecule has 28 heavy (non-hydrogen) atoms. The number of aromatic nitrogens is 1. The predicted molar refractivity (Wildman–Crippen MR) is 112 cm³/mol. The van der Waals surface area contributed by atoms with Crippen molar-refractivity contribution in [1.29, 1.82) is 0 Å². The van der Waals surface area contributed by atoms with Crippen LogP contribution in [0.15, 0.2) is 54.6 Å². The summed E-state index contributed by atoms with van der Waals surface area (Å²) in [6, 6.07) is 17.6. The van der Waals surface area contributed by atoms with E-state index in [0.29, 0.717) is 18.5 Å². The smallest absolute Gasteiger partial charge is 0.179 e. The number of ketones is 1. The molecule has 1 fully saturated rings. The second-order valence-corrected chi connectivity index (χ2v) is 9.56. The summed E-state index contributed by atoms with van der Waals surface area (Å²) in [7, 11) is -2.99. The highest BCUT2D eigenvalue weighted by atomic mass is 32.2. The Morgan fingerprint density at radius 2 is 1.82 bits per heavy atom. The molecule has 146 valence electrons. The van der Waals surface area contributed by atoms with Gasteiger partial charge in [0.2, 0.25) is 0 Å². The van der Waals surface area contributed by atoms with Crippen LogP contribution in [0.4, 0.5) is 0 Å². The summed E-state index contributed by atoms with van der Waals surface area (Å²) in [5, 5.41) is 0.904. The van der Waals surface area contributed by atoms with Gasteiger partial charge in [-0.05, 0) is 24.6 Å². The predicted octanol–water partition coefficient (Wildman–Crippen LogP) is 3.53. The van der Waals surface area contributed by atoms with Crippen LogP contribution in [0.2, 0.25) is 0 Å². The molecule has 4 rings (SSSR count). The first-order valence-electron chi connectivity index (χ1n) is 9.62. The number of rotatable bonds is 6. The number of para-hydroxylation sites is 1. The topological polar surface area (TPSA) is 70.2 Å². The number of likely N-dealkylation sites (N-methyl/N-ethyl adjacent to an activating group) is 1. The first kappa shape index (κ1) is 18.9. The summed E-state index contributed by atoms with van der Waals surface area (Å²) in [6.07, 6.45) is 0.600. The SMILES string of the molecule is CCN(CC(=O)c1c(-c2ccccc2)[nH]c2ccccc12)[C@@H]1CCS(=O)(=O)C1. The third-order valence-corrected chi connectivity index (χ3v) is 7.28. The van der Waals surface area contributed by atoms with Crippen LogP contribution in [0.25, 0.3) is 22.2 Å². The number of carbonyl (C=O) groups is 1. The Morgan fingerprint density at radius 1 is 1.11 bits per heavy atom. The number of H-pyrrole nitrogens is 1. The molecule has 1 aliphatic rings. The van der Waals surface area contributed by atoms with Crippen molar-refractivity contribution in [2.75, 3.05) is 24.6 Å². The lowest BCUT2D eigenvalue weighted by Crippen LogP contribution is -2.39. The van der Waals surface area contributed by atoms with Gasteiger partial charge in [0.25, 0.3) is 0 Å². The van der Waals surface area contributed by atoms with E-state index in [9.17, 15) is 13.2 Å². The highest BCUT2D eigenvalue weighted by Gasteiger charge is 2.33. The Hall–Kier alpha value is -2.44. The summed E-state index contributed by atoms with van der Waals surface area (Å²) in [6.45, 7) is 2.85. The Balaban J connectivity index is 1.70. The van der Waals surface area contributed by atoms with Crippen molar-refractivity contribution in [2.24, 2.45) is 0 Å². The second kappa shape index (κ2) is 7.53. The molecule has 0 bridgehead atoms. The Labute approximate surface area is 165 Å². The molecule has 0 amide bonds. The van der Waals surface area contributed by atoms with E-state index in [1.165, 1.54) is 0 Å². The number of hydrogen-bond donors (Lipinski definition) is 1. The Bertz CT molecular complexity index is 1100. The van der Waals surface area contributed by atoms with E-state index in [0.717, 1.165) is 22.2 Å². The zero-order valence-corrected chi connectivity index (χ0v) is 16.7. The summed E-state index contributed by atoms with van der Waals surface area (Å²) < 4.78 is 23.7. The fraction of sp³-hybridized carbons (Fsp3) is 0.318. The molecule has 1 saturated heterocycles. The van der Waals surface area contributed by atoms with Crippen molar-refractivity contribution in [3.05, 3.63) is 60.2 Å². The van der Waals surface area contributed by atoms with Crippen LogP contribution in [-0.4, -0.2) is 54.7 Å². The van der Waals surface area contributed by atoms with Crippen LogP contribution < -0.4 is 0 Å². The van der Waals surface area contributed by atoms with Gasteiger partial charge in [0.1, 0.15) is 0 Å². The Morgan fingerprint density at radius 3 is 2.50 bits per heavy atom. The third-order valence-electron chi connectivity index (χ3n) is 5.53. The van der Waals surface area contributed by atoms with Gasteiger partial charge in [0.05, 0.1) is 29.3 Å². The number of sulfone groups is 1. The number of nitrogens with zero attached hydrogens (tertiary/aromatic N) is 1. The molecule has 0 saturated carbocycles. The van der Waals surface area contributed by atoms with Crippen LogP contribution in [0, 0.1) is 0 Å². The molecule has 0 radical (unpaired) electrons. The minimum atomic E-state index is -2.99. The molecule has 1 aliphatic heterocycles. The van der Waals surface area contributed by atoms with Crippen molar-refractivity contribution in [1.82, 2.24) is 9.88 Å². The van der Waals surface area contributed by atoms with E-state index < -0.39 is 9.84 Å². The fourth-order valence-electron chi connectivity index (χ4n) is 4.08. The maximum Gasteiger partial charge on any atom is 0.179 e. The van der Waals surface area contributed by atoms with Gasteiger partial charge in [-0.25, -0.2) is 8.42 Å². The average molecular weight is 397 g/mol. The van der Waals surface area contributed by atoms with Gasteiger partial charge >= 0.3 is 0 Å². The number of Topliss-reactive ketones (excluding diaryl/α,β-unsaturated/α-hetero) is 1. The second-order valence-electron chi connectivity index (χ2n) is 7.33. The summed E-state index contributed by atoms with van der Waals surface area (Å²) in [5.74, 6) is 0.376. The molecular weight excluding hydrogens is 372 g/mol. The lowest BCUT2D eigenvalue weighted by molar-refractivity contribution is 0.0909.